The number of H-pyrrole nitrogens is 1. The second kappa shape index (κ2) is 5.81. The highest BCUT2D eigenvalue weighted by Gasteiger charge is 2.13. The van der Waals surface area contributed by atoms with E-state index in [-0.39, 0.29) is 0 Å². The molecule has 0 spiro atoms. The first-order valence-electron chi connectivity index (χ1n) is 6.81. The molecule has 1 aromatic heterocycles. The van der Waals surface area contributed by atoms with E-state index in [0.29, 0.717) is 0 Å². The Kier molecular flexibility index (Phi) is 3.91. The van der Waals surface area contributed by atoms with Gasteiger partial charge in [-0.2, -0.15) is 11.8 Å². The summed E-state index contributed by atoms with van der Waals surface area (Å²) in [5.41, 5.74) is 2.65. The van der Waals surface area contributed by atoms with Gasteiger partial charge >= 0.3 is 0 Å². The predicted molar refractivity (Wildman–Crippen MR) is 80.1 cm³/mol. The number of benzene rings is 1. The Morgan fingerprint density at radius 3 is 3.17 bits per heavy atom. The molecule has 0 radical (unpaired) electrons. The predicted octanol–water partition coefficient (Wildman–Crippen LogP) is 3.54. The first kappa shape index (κ1) is 12.1. The fourth-order valence-corrected chi connectivity index (χ4v) is 3.91. The van der Waals surface area contributed by atoms with Crippen LogP contribution in [0.5, 0.6) is 0 Å². The summed E-state index contributed by atoms with van der Waals surface area (Å²) < 4.78 is 0. The van der Waals surface area contributed by atoms with Crippen LogP contribution in [-0.4, -0.2) is 22.5 Å². The summed E-state index contributed by atoms with van der Waals surface area (Å²) in [4.78, 5) is 3.33. The number of aromatic amines is 1. The van der Waals surface area contributed by atoms with Crippen molar-refractivity contribution in [3.8, 4) is 0 Å². The van der Waals surface area contributed by atoms with Gasteiger partial charge in [0.1, 0.15) is 0 Å². The molecule has 0 aliphatic carbocycles. The molecule has 1 unspecified atom stereocenters. The molecule has 1 aliphatic rings. The second-order valence-corrected chi connectivity index (χ2v) is 6.39. The first-order valence-corrected chi connectivity index (χ1v) is 7.85. The Hall–Kier alpha value is -0.930. The number of fused-ring (bicyclic) bond motifs is 1. The van der Waals surface area contributed by atoms with Gasteiger partial charge in [-0.25, -0.2) is 0 Å². The Morgan fingerprint density at radius 2 is 2.28 bits per heavy atom. The Labute approximate surface area is 113 Å². The van der Waals surface area contributed by atoms with Crippen LogP contribution in [0.15, 0.2) is 30.5 Å². The van der Waals surface area contributed by atoms with Gasteiger partial charge in [0.15, 0.2) is 0 Å². The van der Waals surface area contributed by atoms with Crippen LogP contribution in [0.2, 0.25) is 0 Å². The molecule has 0 saturated carbocycles. The van der Waals surface area contributed by atoms with E-state index < -0.39 is 0 Å². The molecule has 1 atom stereocenters. The van der Waals surface area contributed by atoms with Crippen molar-refractivity contribution in [1.29, 1.82) is 0 Å². The minimum Gasteiger partial charge on any atom is -0.361 e. The number of nitrogens with one attached hydrogen (secondary N) is 2. The number of rotatable bonds is 4. The van der Waals surface area contributed by atoms with E-state index in [2.05, 4.69) is 46.3 Å². The molecule has 2 N–H and O–H groups in total. The maximum Gasteiger partial charge on any atom is 0.0499 e. The lowest BCUT2D eigenvalue weighted by Gasteiger charge is -2.21. The molecule has 96 valence electrons. The third-order valence-corrected chi connectivity index (χ3v) is 5.03. The number of thioether (sulfide) groups is 1. The molecular weight excluding hydrogens is 240 g/mol. The fraction of sp³-hybridized carbons (Fsp3) is 0.467. The van der Waals surface area contributed by atoms with Crippen molar-refractivity contribution in [2.45, 2.75) is 31.1 Å². The summed E-state index contributed by atoms with van der Waals surface area (Å²) in [6, 6.07) is 8.64. The zero-order valence-electron chi connectivity index (χ0n) is 10.6. The fourth-order valence-electron chi connectivity index (χ4n) is 2.63. The summed E-state index contributed by atoms with van der Waals surface area (Å²) in [7, 11) is 0. The zero-order chi connectivity index (χ0) is 12.2. The third-order valence-electron chi connectivity index (χ3n) is 3.63. The lowest BCUT2D eigenvalue weighted by molar-refractivity contribution is 0.598. The highest BCUT2D eigenvalue weighted by Crippen LogP contribution is 2.24. The molecular formula is C15H20N2S. The molecule has 3 heteroatoms. The molecule has 0 amide bonds. The van der Waals surface area contributed by atoms with E-state index in [0.717, 1.165) is 18.3 Å². The topological polar surface area (TPSA) is 27.8 Å². The smallest absolute Gasteiger partial charge is 0.0499 e. The van der Waals surface area contributed by atoms with Crippen molar-refractivity contribution in [2.75, 3.05) is 12.3 Å². The van der Waals surface area contributed by atoms with Crippen LogP contribution in [-0.2, 0) is 6.54 Å². The summed E-state index contributed by atoms with van der Waals surface area (Å²) in [5.74, 6) is 1.35. The van der Waals surface area contributed by atoms with Gasteiger partial charge in [-0.3, -0.25) is 0 Å². The molecule has 3 rings (SSSR count). The molecule has 1 fully saturated rings. The van der Waals surface area contributed by atoms with Gasteiger partial charge in [-0.1, -0.05) is 24.6 Å². The van der Waals surface area contributed by atoms with Gasteiger partial charge in [-0.15, -0.1) is 0 Å². The van der Waals surface area contributed by atoms with Crippen LogP contribution in [0.3, 0.4) is 0 Å². The maximum absolute atomic E-state index is 3.61. The Morgan fingerprint density at radius 1 is 1.28 bits per heavy atom. The minimum absolute atomic E-state index is 0.821. The van der Waals surface area contributed by atoms with Crippen LogP contribution in [0, 0.1) is 0 Å². The summed E-state index contributed by atoms with van der Waals surface area (Å²) in [6.07, 6.45) is 6.21. The maximum atomic E-state index is 3.61. The lowest BCUT2D eigenvalue weighted by Crippen LogP contribution is -2.26. The van der Waals surface area contributed by atoms with Crippen molar-refractivity contribution in [1.82, 2.24) is 10.3 Å². The van der Waals surface area contributed by atoms with Crippen molar-refractivity contribution in [3.63, 3.8) is 0 Å². The molecule has 1 saturated heterocycles. The lowest BCUT2D eigenvalue weighted by atomic mass is 10.1. The summed E-state index contributed by atoms with van der Waals surface area (Å²) in [5, 5.41) is 5.74. The number of hydrogen-bond acceptors (Lipinski definition) is 2. The van der Waals surface area contributed by atoms with Gasteiger partial charge in [0.05, 0.1) is 0 Å². The average molecular weight is 260 g/mol. The van der Waals surface area contributed by atoms with Crippen molar-refractivity contribution in [2.24, 2.45) is 0 Å². The largest absolute Gasteiger partial charge is 0.361 e. The van der Waals surface area contributed by atoms with E-state index in [1.165, 1.54) is 41.5 Å². The number of hydrogen-bond donors (Lipinski definition) is 2. The van der Waals surface area contributed by atoms with Gasteiger partial charge in [-0.05, 0) is 35.6 Å². The molecule has 2 aromatic rings. The van der Waals surface area contributed by atoms with Crippen LogP contribution in [0.1, 0.15) is 24.8 Å². The van der Waals surface area contributed by atoms with Gasteiger partial charge in [0.25, 0.3) is 0 Å². The molecule has 0 bridgehead atoms. The zero-order valence-corrected chi connectivity index (χ0v) is 11.4. The summed E-state index contributed by atoms with van der Waals surface area (Å²) >= 11 is 2.13. The van der Waals surface area contributed by atoms with E-state index in [1.807, 2.05) is 6.20 Å². The minimum atomic E-state index is 0.821. The van der Waals surface area contributed by atoms with Crippen LogP contribution < -0.4 is 5.32 Å². The van der Waals surface area contributed by atoms with Gasteiger partial charge in [0, 0.05) is 30.1 Å². The number of aromatic nitrogens is 1. The van der Waals surface area contributed by atoms with E-state index >= 15 is 0 Å². The van der Waals surface area contributed by atoms with Crippen LogP contribution >= 0.6 is 11.8 Å². The van der Waals surface area contributed by atoms with E-state index in [9.17, 15) is 0 Å². The molecule has 2 heterocycles. The summed E-state index contributed by atoms with van der Waals surface area (Å²) in [6.45, 7) is 2.11. The molecule has 1 aromatic carbocycles. The quantitative estimate of drug-likeness (QED) is 0.880. The normalized spacial score (nSPS) is 20.3. The van der Waals surface area contributed by atoms with E-state index in [1.54, 1.807) is 0 Å². The number of para-hydroxylation sites is 1. The van der Waals surface area contributed by atoms with Crippen molar-refractivity contribution >= 4 is 22.7 Å². The Bertz CT molecular complexity index is 500. The third kappa shape index (κ3) is 2.73. The highest BCUT2D eigenvalue weighted by atomic mass is 32.2. The standard InChI is InChI=1S/C15H20N2S/c1-2-9-18-14(6-1)11-16-10-13-5-3-4-12-7-8-17-15(12)13/h3-5,7-8,14,16-17H,1-2,6,9-11H2. The Balaban J connectivity index is 1.57. The molecule has 18 heavy (non-hydrogen) atoms. The van der Waals surface area contributed by atoms with Crippen LogP contribution in [0.25, 0.3) is 10.9 Å². The monoisotopic (exact) mass is 260 g/mol. The van der Waals surface area contributed by atoms with Crippen molar-refractivity contribution < 1.29 is 0 Å². The van der Waals surface area contributed by atoms with Gasteiger partial charge < -0.3 is 10.3 Å². The van der Waals surface area contributed by atoms with Crippen molar-refractivity contribution in [3.05, 3.63) is 36.0 Å². The SMILES string of the molecule is c1cc(CNCC2CCCCS2)c2[nH]ccc2c1. The molecule has 1 aliphatic heterocycles. The first-order chi connectivity index (χ1) is 8.93. The van der Waals surface area contributed by atoms with E-state index in [4.69, 9.17) is 0 Å². The second-order valence-electron chi connectivity index (χ2n) is 4.98. The molecule has 2 nitrogen and oxygen atoms in total. The highest BCUT2D eigenvalue weighted by molar-refractivity contribution is 7.99. The van der Waals surface area contributed by atoms with Crippen LogP contribution in [0.4, 0.5) is 0 Å². The van der Waals surface area contributed by atoms with Gasteiger partial charge in [0.2, 0.25) is 0 Å². The average Bonchev–Trinajstić information content (AvgIpc) is 2.89.